The predicted molar refractivity (Wildman–Crippen MR) is 115 cm³/mol. The van der Waals surface area contributed by atoms with Gasteiger partial charge in [0.15, 0.2) is 0 Å². The number of benzene rings is 2. The van der Waals surface area contributed by atoms with E-state index in [0.29, 0.717) is 12.1 Å². The van der Waals surface area contributed by atoms with Crippen molar-refractivity contribution in [2.45, 2.75) is 38.8 Å². The van der Waals surface area contributed by atoms with Crippen LogP contribution in [-0.4, -0.2) is 33.2 Å². The number of nitrogens with zero attached hydrogens (tertiary/aromatic N) is 1. The summed E-state index contributed by atoms with van der Waals surface area (Å²) in [6.45, 7) is 5.94. The van der Waals surface area contributed by atoms with Crippen LogP contribution < -0.4 is 14.4 Å². The molecule has 1 atom stereocenters. The third-order valence-corrected chi connectivity index (χ3v) is 6.52. The molecule has 1 amide bonds. The fourth-order valence-corrected chi connectivity index (χ4v) is 4.11. The lowest BCUT2D eigenvalue weighted by Crippen LogP contribution is -2.41. The first-order valence-electron chi connectivity index (χ1n) is 9.21. The summed E-state index contributed by atoms with van der Waals surface area (Å²) in [5, 5.41) is 3.30. The Labute approximate surface area is 176 Å². The average molecular weight is 437 g/mol. The molecule has 2 aromatic carbocycles. The van der Waals surface area contributed by atoms with E-state index in [9.17, 15) is 13.2 Å². The molecule has 3 rings (SSSR count). The molecule has 8 heteroatoms. The van der Waals surface area contributed by atoms with E-state index in [1.165, 1.54) is 19.2 Å². The minimum absolute atomic E-state index is 0.221. The Bertz CT molecular complexity index is 1070. The molecule has 156 valence electrons. The molecule has 0 saturated heterocycles. The topological polar surface area (TPSA) is 75.7 Å². The molecule has 0 spiro atoms. The maximum absolute atomic E-state index is 13.1. The molecule has 1 aliphatic rings. The van der Waals surface area contributed by atoms with E-state index in [2.05, 4.69) is 5.32 Å². The highest BCUT2D eigenvalue weighted by Crippen LogP contribution is 2.40. The molecule has 0 bridgehead atoms. The van der Waals surface area contributed by atoms with Crippen LogP contribution in [0.15, 0.2) is 36.4 Å². The standard InChI is InChI=1S/C21H25ClN2O4S/c1-13-6-9-19-16(10-13)18(12-21(2,3)28-19)23-20(25)15-11-14(7-8-17(15)22)24(4)29(5,26)27/h6-11,18H,12H2,1-5H3,(H,23,25)/t18-/m0/s1. The lowest BCUT2D eigenvalue weighted by molar-refractivity contribution is 0.0619. The second kappa shape index (κ2) is 7.54. The molecule has 1 heterocycles. The second-order valence-electron chi connectivity index (χ2n) is 8.03. The number of sulfonamides is 1. The van der Waals surface area contributed by atoms with Crippen molar-refractivity contribution in [2.75, 3.05) is 17.6 Å². The summed E-state index contributed by atoms with van der Waals surface area (Å²) < 4.78 is 30.8. The quantitative estimate of drug-likeness (QED) is 0.783. The molecule has 0 saturated carbocycles. The summed E-state index contributed by atoms with van der Waals surface area (Å²) in [4.78, 5) is 13.1. The minimum Gasteiger partial charge on any atom is -0.487 e. The van der Waals surface area contributed by atoms with Gasteiger partial charge in [-0.3, -0.25) is 9.10 Å². The van der Waals surface area contributed by atoms with Crippen LogP contribution in [0.3, 0.4) is 0 Å². The van der Waals surface area contributed by atoms with Gasteiger partial charge in [-0.05, 0) is 45.0 Å². The lowest BCUT2D eigenvalue weighted by atomic mass is 9.88. The van der Waals surface area contributed by atoms with E-state index in [4.69, 9.17) is 16.3 Å². The first kappa shape index (κ1) is 21.5. The van der Waals surface area contributed by atoms with Gasteiger partial charge in [-0.15, -0.1) is 0 Å². The zero-order valence-electron chi connectivity index (χ0n) is 17.1. The Morgan fingerprint density at radius 2 is 1.93 bits per heavy atom. The number of halogens is 1. The third kappa shape index (κ3) is 4.67. The molecule has 0 aromatic heterocycles. The van der Waals surface area contributed by atoms with Crippen LogP contribution >= 0.6 is 11.6 Å². The zero-order valence-corrected chi connectivity index (χ0v) is 18.7. The number of carbonyl (C=O) groups is 1. The van der Waals surface area contributed by atoms with Gasteiger partial charge in [0.2, 0.25) is 10.0 Å². The monoisotopic (exact) mass is 436 g/mol. The van der Waals surface area contributed by atoms with E-state index in [1.54, 1.807) is 6.07 Å². The van der Waals surface area contributed by atoms with Crippen LogP contribution in [0.5, 0.6) is 5.75 Å². The summed E-state index contributed by atoms with van der Waals surface area (Å²) in [6.07, 6.45) is 1.69. The molecule has 1 aliphatic heterocycles. The number of hydrogen-bond donors (Lipinski definition) is 1. The first-order valence-corrected chi connectivity index (χ1v) is 11.4. The lowest BCUT2D eigenvalue weighted by Gasteiger charge is -2.38. The highest BCUT2D eigenvalue weighted by atomic mass is 35.5. The van der Waals surface area contributed by atoms with Crippen molar-refractivity contribution in [1.29, 1.82) is 0 Å². The van der Waals surface area contributed by atoms with Gasteiger partial charge < -0.3 is 10.1 Å². The van der Waals surface area contributed by atoms with Crippen LogP contribution in [0.2, 0.25) is 5.02 Å². The van der Waals surface area contributed by atoms with E-state index >= 15 is 0 Å². The van der Waals surface area contributed by atoms with Gasteiger partial charge in [0.1, 0.15) is 11.4 Å². The first-order chi connectivity index (χ1) is 13.4. The fourth-order valence-electron chi connectivity index (χ4n) is 3.41. The van der Waals surface area contributed by atoms with Gasteiger partial charge >= 0.3 is 0 Å². The number of rotatable bonds is 4. The molecule has 0 radical (unpaired) electrons. The molecule has 0 aliphatic carbocycles. The number of fused-ring (bicyclic) bond motifs is 1. The Kier molecular flexibility index (Phi) is 5.58. The van der Waals surface area contributed by atoms with Gasteiger partial charge in [-0.1, -0.05) is 29.3 Å². The van der Waals surface area contributed by atoms with Crippen molar-refractivity contribution in [3.8, 4) is 5.75 Å². The third-order valence-electron chi connectivity index (χ3n) is 4.98. The van der Waals surface area contributed by atoms with Crippen LogP contribution in [0.4, 0.5) is 5.69 Å². The summed E-state index contributed by atoms with van der Waals surface area (Å²) in [5.41, 5.74) is 2.13. The van der Waals surface area contributed by atoms with E-state index in [1.807, 2.05) is 39.0 Å². The smallest absolute Gasteiger partial charge is 0.253 e. The van der Waals surface area contributed by atoms with Crippen LogP contribution in [0.1, 0.15) is 47.8 Å². The number of aryl methyl sites for hydroxylation is 1. The zero-order chi connectivity index (χ0) is 21.6. The number of amides is 1. The number of hydrogen-bond acceptors (Lipinski definition) is 4. The van der Waals surface area contributed by atoms with Crippen molar-refractivity contribution in [2.24, 2.45) is 0 Å². The fraction of sp³-hybridized carbons (Fsp3) is 0.381. The van der Waals surface area contributed by atoms with Crippen LogP contribution in [-0.2, 0) is 10.0 Å². The molecular weight excluding hydrogens is 412 g/mol. The second-order valence-corrected chi connectivity index (χ2v) is 10.4. The highest BCUT2D eigenvalue weighted by molar-refractivity contribution is 7.92. The van der Waals surface area contributed by atoms with Crippen molar-refractivity contribution in [3.63, 3.8) is 0 Å². The summed E-state index contributed by atoms with van der Waals surface area (Å²) in [7, 11) is -2.03. The summed E-state index contributed by atoms with van der Waals surface area (Å²) in [5.74, 6) is 0.378. The Hall–Kier alpha value is -2.25. The van der Waals surface area contributed by atoms with Gasteiger partial charge in [0, 0.05) is 19.0 Å². The normalized spacial score (nSPS) is 17.8. The molecule has 6 nitrogen and oxygen atoms in total. The molecule has 0 unspecified atom stereocenters. The molecule has 29 heavy (non-hydrogen) atoms. The predicted octanol–water partition coefficient (Wildman–Crippen LogP) is 4.08. The van der Waals surface area contributed by atoms with Gasteiger partial charge in [0.25, 0.3) is 5.91 Å². The van der Waals surface area contributed by atoms with E-state index in [-0.39, 0.29) is 22.5 Å². The maximum Gasteiger partial charge on any atom is 0.253 e. The number of anilines is 1. The highest BCUT2D eigenvalue weighted by Gasteiger charge is 2.35. The van der Waals surface area contributed by atoms with Crippen LogP contribution in [0, 0.1) is 6.92 Å². The molecule has 2 aromatic rings. The number of carbonyl (C=O) groups excluding carboxylic acids is 1. The minimum atomic E-state index is -3.46. The largest absolute Gasteiger partial charge is 0.487 e. The van der Waals surface area contributed by atoms with Gasteiger partial charge in [0.05, 0.1) is 28.6 Å². The molecule has 1 N–H and O–H groups in total. The average Bonchev–Trinajstić information content (AvgIpc) is 2.60. The van der Waals surface area contributed by atoms with Crippen LogP contribution in [0.25, 0.3) is 0 Å². The number of ether oxygens (including phenoxy) is 1. The van der Waals surface area contributed by atoms with Gasteiger partial charge in [-0.25, -0.2) is 8.42 Å². The van der Waals surface area contributed by atoms with Crippen molar-refractivity contribution in [1.82, 2.24) is 5.32 Å². The van der Waals surface area contributed by atoms with Crippen molar-refractivity contribution < 1.29 is 17.9 Å². The Morgan fingerprint density at radius 1 is 1.24 bits per heavy atom. The van der Waals surface area contributed by atoms with Crippen molar-refractivity contribution in [3.05, 3.63) is 58.1 Å². The van der Waals surface area contributed by atoms with E-state index in [0.717, 1.165) is 27.4 Å². The molecule has 0 fully saturated rings. The molecular formula is C21H25ClN2O4S. The van der Waals surface area contributed by atoms with Crippen molar-refractivity contribution >= 4 is 33.2 Å². The van der Waals surface area contributed by atoms with Gasteiger partial charge in [-0.2, -0.15) is 0 Å². The van der Waals surface area contributed by atoms with E-state index < -0.39 is 15.6 Å². The summed E-state index contributed by atoms with van der Waals surface area (Å²) in [6, 6.07) is 10.2. The Morgan fingerprint density at radius 3 is 2.59 bits per heavy atom. The Balaban J connectivity index is 1.94. The number of nitrogens with one attached hydrogen (secondary N) is 1. The SMILES string of the molecule is Cc1ccc2c(c1)[C@@H](NC(=O)c1cc(N(C)S(C)(=O)=O)ccc1Cl)CC(C)(C)O2. The summed E-state index contributed by atoms with van der Waals surface area (Å²) >= 11 is 6.26. The maximum atomic E-state index is 13.1.